The van der Waals surface area contributed by atoms with Crippen LogP contribution in [-0.4, -0.2) is 34.2 Å². The molecule has 2 rings (SSSR count). The van der Waals surface area contributed by atoms with Gasteiger partial charge in [0.05, 0.1) is 11.3 Å². The highest BCUT2D eigenvalue weighted by Crippen LogP contribution is 2.26. The number of nitrogens with zero attached hydrogens (tertiary/aromatic N) is 2. The number of rotatable bonds is 6. The number of para-hydroxylation sites is 1. The molecule has 0 N–H and O–H groups in total. The number of aromatic nitrogens is 1. The van der Waals surface area contributed by atoms with Crippen LogP contribution in [0.2, 0.25) is 0 Å². The average Bonchev–Trinajstić information content (AvgIpc) is 2.54. The molecule has 0 aliphatic carbocycles. The topological polar surface area (TPSA) is 42.3 Å². The third kappa shape index (κ3) is 3.35. The van der Waals surface area contributed by atoms with E-state index < -0.39 is 0 Å². The summed E-state index contributed by atoms with van der Waals surface area (Å²) in [5, 5.41) is 1.03. The molecule has 0 atom stereocenters. The van der Waals surface area contributed by atoms with Gasteiger partial charge >= 0.3 is 0 Å². The number of amides is 1. The Morgan fingerprint density at radius 2 is 1.86 bits per heavy atom. The lowest BCUT2D eigenvalue weighted by Crippen LogP contribution is -2.31. The number of fused-ring (bicyclic) bond motifs is 1. The lowest BCUT2D eigenvalue weighted by Gasteiger charge is -2.18. The van der Waals surface area contributed by atoms with Crippen LogP contribution >= 0.6 is 11.8 Å². The maximum absolute atomic E-state index is 12.2. The second-order valence-electron chi connectivity index (χ2n) is 4.96. The number of hydrogen-bond acceptors (Lipinski definition) is 3. The second-order valence-corrected chi connectivity index (χ2v) is 5.98. The molecule has 0 saturated heterocycles. The van der Waals surface area contributed by atoms with Gasteiger partial charge in [0.1, 0.15) is 0 Å². The van der Waals surface area contributed by atoms with Crippen LogP contribution in [0.4, 0.5) is 0 Å². The van der Waals surface area contributed by atoms with E-state index in [-0.39, 0.29) is 11.5 Å². The SMILES string of the molecule is CCN(CC)C(=O)CSc1cc(=O)n(CC)c2ccccc12. The Bertz CT molecular complexity index is 720. The summed E-state index contributed by atoms with van der Waals surface area (Å²) in [7, 11) is 0. The van der Waals surface area contributed by atoms with E-state index in [1.54, 1.807) is 10.6 Å². The smallest absolute Gasteiger partial charge is 0.252 e. The minimum absolute atomic E-state index is 0.0148. The Hall–Kier alpha value is -1.75. The molecule has 118 valence electrons. The highest BCUT2D eigenvalue weighted by atomic mass is 32.2. The van der Waals surface area contributed by atoms with E-state index in [0.29, 0.717) is 25.4 Å². The average molecular weight is 318 g/mol. The van der Waals surface area contributed by atoms with Crippen molar-refractivity contribution in [2.24, 2.45) is 0 Å². The first-order valence-electron chi connectivity index (χ1n) is 7.65. The minimum atomic E-state index is -0.0148. The van der Waals surface area contributed by atoms with Gasteiger partial charge in [0.2, 0.25) is 5.91 Å². The van der Waals surface area contributed by atoms with Crippen LogP contribution in [-0.2, 0) is 11.3 Å². The zero-order valence-corrected chi connectivity index (χ0v) is 14.2. The van der Waals surface area contributed by atoms with Crippen LogP contribution in [0.5, 0.6) is 0 Å². The summed E-state index contributed by atoms with van der Waals surface area (Å²) in [4.78, 5) is 27.1. The molecular formula is C17H22N2O2S. The summed E-state index contributed by atoms with van der Waals surface area (Å²) in [6.07, 6.45) is 0. The standard InChI is InChI=1S/C17H22N2O2S/c1-4-18(5-2)17(21)12-22-15-11-16(20)19(6-3)14-10-8-7-9-13(14)15/h7-11H,4-6,12H2,1-3H3. The number of aryl methyl sites for hydroxylation is 1. The van der Waals surface area contributed by atoms with E-state index in [9.17, 15) is 9.59 Å². The van der Waals surface area contributed by atoms with Gasteiger partial charge in [-0.15, -0.1) is 11.8 Å². The number of thioether (sulfide) groups is 1. The van der Waals surface area contributed by atoms with Crippen molar-refractivity contribution in [1.29, 1.82) is 0 Å². The second kappa shape index (κ2) is 7.49. The van der Waals surface area contributed by atoms with E-state index in [2.05, 4.69) is 0 Å². The maximum Gasteiger partial charge on any atom is 0.252 e. The predicted octanol–water partition coefficient (Wildman–Crippen LogP) is 2.98. The van der Waals surface area contributed by atoms with Crippen molar-refractivity contribution in [2.75, 3.05) is 18.8 Å². The fraction of sp³-hybridized carbons (Fsp3) is 0.412. The van der Waals surface area contributed by atoms with Gasteiger partial charge in [-0.3, -0.25) is 9.59 Å². The minimum Gasteiger partial charge on any atom is -0.343 e. The number of benzene rings is 1. The third-order valence-corrected chi connectivity index (χ3v) is 4.80. The van der Waals surface area contributed by atoms with Crippen LogP contribution in [0.1, 0.15) is 20.8 Å². The molecule has 2 aromatic rings. The normalized spacial score (nSPS) is 10.9. The van der Waals surface area contributed by atoms with Crippen molar-refractivity contribution < 1.29 is 4.79 Å². The van der Waals surface area contributed by atoms with Crippen LogP contribution < -0.4 is 5.56 Å². The molecule has 0 bridgehead atoms. The van der Waals surface area contributed by atoms with Crippen molar-refractivity contribution in [1.82, 2.24) is 9.47 Å². The summed E-state index contributed by atoms with van der Waals surface area (Å²) in [5.41, 5.74) is 0.911. The molecule has 4 nitrogen and oxygen atoms in total. The van der Waals surface area contributed by atoms with Crippen molar-refractivity contribution in [3.63, 3.8) is 0 Å². The Kier molecular flexibility index (Phi) is 5.66. The van der Waals surface area contributed by atoms with E-state index in [1.165, 1.54) is 11.8 Å². The van der Waals surface area contributed by atoms with Gasteiger partial charge in [-0.05, 0) is 26.8 Å². The number of carbonyl (C=O) groups excluding carboxylic acids is 1. The lowest BCUT2D eigenvalue weighted by molar-refractivity contribution is -0.127. The molecule has 1 heterocycles. The van der Waals surface area contributed by atoms with Crippen molar-refractivity contribution >= 4 is 28.6 Å². The first kappa shape index (κ1) is 16.6. The monoisotopic (exact) mass is 318 g/mol. The summed E-state index contributed by atoms with van der Waals surface area (Å²) in [6, 6.07) is 9.50. The molecule has 0 saturated carbocycles. The number of pyridine rings is 1. The van der Waals surface area contributed by atoms with Crippen LogP contribution in [0.3, 0.4) is 0 Å². The maximum atomic E-state index is 12.2. The molecule has 1 aromatic heterocycles. The van der Waals surface area contributed by atoms with Gasteiger partial charge in [-0.25, -0.2) is 0 Å². The fourth-order valence-electron chi connectivity index (χ4n) is 2.56. The van der Waals surface area contributed by atoms with Crippen molar-refractivity contribution in [3.8, 4) is 0 Å². The summed E-state index contributed by atoms with van der Waals surface area (Å²) >= 11 is 1.45. The Labute approximate surface area is 135 Å². The van der Waals surface area contributed by atoms with E-state index >= 15 is 0 Å². The van der Waals surface area contributed by atoms with Crippen molar-refractivity contribution in [3.05, 3.63) is 40.7 Å². The molecule has 0 radical (unpaired) electrons. The largest absolute Gasteiger partial charge is 0.343 e. The van der Waals surface area contributed by atoms with Gasteiger partial charge in [0.15, 0.2) is 0 Å². The van der Waals surface area contributed by atoms with Crippen LogP contribution in [0.15, 0.2) is 40.0 Å². The van der Waals surface area contributed by atoms with E-state index in [4.69, 9.17) is 0 Å². The summed E-state index contributed by atoms with van der Waals surface area (Å²) in [6.45, 7) is 7.99. The van der Waals surface area contributed by atoms with Crippen molar-refractivity contribution in [2.45, 2.75) is 32.2 Å². The molecule has 22 heavy (non-hydrogen) atoms. The lowest BCUT2D eigenvalue weighted by atomic mass is 10.2. The Morgan fingerprint density at radius 3 is 2.50 bits per heavy atom. The highest BCUT2D eigenvalue weighted by Gasteiger charge is 2.13. The first-order valence-corrected chi connectivity index (χ1v) is 8.64. The zero-order valence-electron chi connectivity index (χ0n) is 13.3. The zero-order chi connectivity index (χ0) is 16.1. The molecule has 0 spiro atoms. The summed E-state index contributed by atoms with van der Waals surface area (Å²) < 4.78 is 1.76. The van der Waals surface area contributed by atoms with Gasteiger partial charge in [0.25, 0.3) is 5.56 Å². The third-order valence-electron chi connectivity index (χ3n) is 3.76. The molecule has 0 unspecified atom stereocenters. The van der Waals surface area contributed by atoms with Gasteiger partial charge in [-0.1, -0.05) is 18.2 Å². The molecule has 1 aromatic carbocycles. The predicted molar refractivity (Wildman–Crippen MR) is 92.5 cm³/mol. The van der Waals surface area contributed by atoms with E-state index in [0.717, 1.165) is 15.8 Å². The first-order chi connectivity index (χ1) is 10.6. The van der Waals surface area contributed by atoms with Crippen LogP contribution in [0, 0.1) is 0 Å². The quantitative estimate of drug-likeness (QED) is 0.769. The van der Waals surface area contributed by atoms with Gasteiger partial charge < -0.3 is 9.47 Å². The van der Waals surface area contributed by atoms with Crippen LogP contribution in [0.25, 0.3) is 10.9 Å². The fourth-order valence-corrected chi connectivity index (χ4v) is 3.53. The van der Waals surface area contributed by atoms with E-state index in [1.807, 2.05) is 49.9 Å². The molecule has 0 aliphatic heterocycles. The van der Waals surface area contributed by atoms with Gasteiger partial charge in [0, 0.05) is 36.0 Å². The molecule has 1 amide bonds. The molecule has 0 aliphatic rings. The summed E-state index contributed by atoms with van der Waals surface area (Å²) in [5.74, 6) is 0.472. The highest BCUT2D eigenvalue weighted by molar-refractivity contribution is 8.00. The molecular weight excluding hydrogens is 296 g/mol. The molecule has 5 heteroatoms. The van der Waals surface area contributed by atoms with Gasteiger partial charge in [-0.2, -0.15) is 0 Å². The number of carbonyl (C=O) groups is 1. The Morgan fingerprint density at radius 1 is 1.18 bits per heavy atom. The number of hydrogen-bond donors (Lipinski definition) is 0. The Balaban J connectivity index is 2.33. The molecule has 0 fully saturated rings.